The molecule has 0 saturated carbocycles. The predicted molar refractivity (Wildman–Crippen MR) is 116 cm³/mol. The number of aromatic nitrogens is 1. The third-order valence-electron chi connectivity index (χ3n) is 3.99. The SMILES string of the molecule is COc1ccc(C(=O)Nc2nc3ccccc3s2)c(NS(=O)(=O)c2cccs2)c1. The van der Waals surface area contributed by atoms with Crippen molar-refractivity contribution in [2.75, 3.05) is 17.1 Å². The summed E-state index contributed by atoms with van der Waals surface area (Å²) in [6, 6.07) is 15.2. The molecule has 10 heteroatoms. The van der Waals surface area contributed by atoms with Crippen molar-refractivity contribution in [1.82, 2.24) is 4.98 Å². The van der Waals surface area contributed by atoms with Crippen LogP contribution in [-0.4, -0.2) is 26.4 Å². The lowest BCUT2D eigenvalue weighted by molar-refractivity contribution is 0.102. The smallest absolute Gasteiger partial charge is 0.271 e. The van der Waals surface area contributed by atoms with Gasteiger partial charge in [-0.15, -0.1) is 11.3 Å². The van der Waals surface area contributed by atoms with Crippen LogP contribution in [0.1, 0.15) is 10.4 Å². The van der Waals surface area contributed by atoms with Crippen molar-refractivity contribution >= 4 is 59.6 Å². The Kier molecular flexibility index (Phi) is 5.22. The van der Waals surface area contributed by atoms with Gasteiger partial charge in [-0.3, -0.25) is 14.8 Å². The van der Waals surface area contributed by atoms with Crippen LogP contribution in [0.4, 0.5) is 10.8 Å². The maximum absolute atomic E-state index is 12.9. The fourth-order valence-electron chi connectivity index (χ4n) is 2.63. The van der Waals surface area contributed by atoms with Crippen molar-refractivity contribution in [2.24, 2.45) is 0 Å². The highest BCUT2D eigenvalue weighted by atomic mass is 32.2. The van der Waals surface area contributed by atoms with Crippen molar-refractivity contribution in [3.8, 4) is 5.75 Å². The molecule has 148 valence electrons. The molecule has 0 radical (unpaired) electrons. The first-order chi connectivity index (χ1) is 14.0. The van der Waals surface area contributed by atoms with Crippen LogP contribution in [0.15, 0.2) is 64.2 Å². The normalized spacial score (nSPS) is 11.3. The van der Waals surface area contributed by atoms with E-state index in [1.807, 2.05) is 24.3 Å². The molecule has 0 fully saturated rings. The summed E-state index contributed by atoms with van der Waals surface area (Å²) in [5, 5.41) is 4.84. The number of nitrogens with one attached hydrogen (secondary N) is 2. The number of amides is 1. The first kappa shape index (κ1) is 19.4. The highest BCUT2D eigenvalue weighted by Gasteiger charge is 2.21. The first-order valence-electron chi connectivity index (χ1n) is 8.37. The van der Waals surface area contributed by atoms with Crippen LogP contribution in [0.2, 0.25) is 0 Å². The largest absolute Gasteiger partial charge is 0.497 e. The molecule has 0 bridgehead atoms. The Morgan fingerprint density at radius 2 is 1.93 bits per heavy atom. The van der Waals surface area contributed by atoms with Gasteiger partial charge in [-0.2, -0.15) is 0 Å². The molecule has 0 aliphatic carbocycles. The van der Waals surface area contributed by atoms with Crippen molar-refractivity contribution in [3.63, 3.8) is 0 Å². The number of anilines is 2. The Hall–Kier alpha value is -2.95. The summed E-state index contributed by atoms with van der Waals surface area (Å²) in [7, 11) is -2.36. The molecule has 0 spiro atoms. The highest BCUT2D eigenvalue weighted by molar-refractivity contribution is 7.94. The van der Waals surface area contributed by atoms with E-state index in [2.05, 4.69) is 15.0 Å². The van der Waals surface area contributed by atoms with E-state index in [-0.39, 0.29) is 15.5 Å². The van der Waals surface area contributed by atoms with Crippen LogP contribution >= 0.6 is 22.7 Å². The number of carbonyl (C=O) groups excluding carboxylic acids is 1. The molecule has 0 aliphatic heterocycles. The Morgan fingerprint density at radius 1 is 1.10 bits per heavy atom. The van der Waals surface area contributed by atoms with E-state index in [0.717, 1.165) is 21.6 Å². The fourth-order valence-corrected chi connectivity index (χ4v) is 5.56. The number of rotatable bonds is 6. The van der Waals surface area contributed by atoms with Gasteiger partial charge in [0, 0.05) is 6.07 Å². The van der Waals surface area contributed by atoms with Gasteiger partial charge in [-0.1, -0.05) is 29.5 Å². The van der Waals surface area contributed by atoms with E-state index < -0.39 is 15.9 Å². The summed E-state index contributed by atoms with van der Waals surface area (Å²) in [6.45, 7) is 0. The molecular weight excluding hydrogens is 430 g/mol. The van der Waals surface area contributed by atoms with Crippen LogP contribution in [0.3, 0.4) is 0 Å². The minimum absolute atomic E-state index is 0.122. The average molecular weight is 446 g/mol. The highest BCUT2D eigenvalue weighted by Crippen LogP contribution is 2.29. The molecule has 2 N–H and O–H groups in total. The van der Waals surface area contributed by atoms with Crippen LogP contribution < -0.4 is 14.8 Å². The lowest BCUT2D eigenvalue weighted by atomic mass is 10.1. The maximum atomic E-state index is 12.9. The van der Waals surface area contributed by atoms with Gasteiger partial charge in [0.25, 0.3) is 15.9 Å². The molecule has 0 aliphatic rings. The summed E-state index contributed by atoms with van der Waals surface area (Å²) in [4.78, 5) is 17.2. The number of methoxy groups -OCH3 is 1. The van der Waals surface area contributed by atoms with Gasteiger partial charge in [0.15, 0.2) is 5.13 Å². The van der Waals surface area contributed by atoms with E-state index >= 15 is 0 Å². The second-order valence-corrected chi connectivity index (χ2v) is 9.78. The Bertz CT molecular complexity index is 1250. The minimum atomic E-state index is -3.82. The van der Waals surface area contributed by atoms with Crippen LogP contribution in [0.25, 0.3) is 10.2 Å². The van der Waals surface area contributed by atoms with E-state index in [9.17, 15) is 13.2 Å². The lowest BCUT2D eigenvalue weighted by Gasteiger charge is -2.13. The zero-order valence-electron chi connectivity index (χ0n) is 15.1. The van der Waals surface area contributed by atoms with E-state index in [1.54, 1.807) is 17.5 Å². The van der Waals surface area contributed by atoms with E-state index in [1.165, 1.54) is 36.6 Å². The van der Waals surface area contributed by atoms with Gasteiger partial charge >= 0.3 is 0 Å². The number of hydrogen-bond acceptors (Lipinski definition) is 7. The Morgan fingerprint density at radius 3 is 2.66 bits per heavy atom. The molecule has 4 rings (SSSR count). The maximum Gasteiger partial charge on any atom is 0.271 e. The topological polar surface area (TPSA) is 97.4 Å². The molecule has 1 amide bonds. The van der Waals surface area contributed by atoms with Gasteiger partial charge in [-0.25, -0.2) is 13.4 Å². The molecule has 7 nitrogen and oxygen atoms in total. The standard InChI is InChI=1S/C19H15N3O4S3/c1-26-12-8-9-13(15(11-12)22-29(24,25)17-7-4-10-27-17)18(23)21-19-20-14-5-2-3-6-16(14)28-19/h2-11,22H,1H3,(H,20,21,23). The lowest BCUT2D eigenvalue weighted by Crippen LogP contribution is -2.18. The number of nitrogens with zero attached hydrogens (tertiary/aromatic N) is 1. The number of thiophene rings is 1. The molecule has 2 aromatic carbocycles. The van der Waals surface area contributed by atoms with Gasteiger partial charge in [0.05, 0.1) is 28.6 Å². The third-order valence-corrected chi connectivity index (χ3v) is 7.70. The number of carbonyl (C=O) groups is 1. The van der Waals surface area contributed by atoms with Gasteiger partial charge in [0.2, 0.25) is 0 Å². The number of fused-ring (bicyclic) bond motifs is 1. The molecule has 0 unspecified atom stereocenters. The summed E-state index contributed by atoms with van der Waals surface area (Å²) in [6.07, 6.45) is 0. The van der Waals surface area contributed by atoms with Gasteiger partial charge in [-0.05, 0) is 35.7 Å². The van der Waals surface area contributed by atoms with Crippen molar-refractivity contribution in [2.45, 2.75) is 4.21 Å². The van der Waals surface area contributed by atoms with Crippen molar-refractivity contribution in [3.05, 3.63) is 65.5 Å². The predicted octanol–water partition coefficient (Wildman–Crippen LogP) is 4.42. The van der Waals surface area contributed by atoms with E-state index in [4.69, 9.17) is 4.74 Å². The first-order valence-corrected chi connectivity index (χ1v) is 11.6. The van der Waals surface area contributed by atoms with Crippen molar-refractivity contribution in [1.29, 1.82) is 0 Å². The monoisotopic (exact) mass is 445 g/mol. The fraction of sp³-hybridized carbons (Fsp3) is 0.0526. The molecule has 2 aromatic heterocycles. The number of benzene rings is 2. The number of para-hydroxylation sites is 1. The number of ether oxygens (including phenoxy) is 1. The zero-order valence-corrected chi connectivity index (χ0v) is 17.5. The summed E-state index contributed by atoms with van der Waals surface area (Å²) in [5.41, 5.74) is 1.06. The van der Waals surface area contributed by atoms with Crippen LogP contribution in [0, 0.1) is 0 Å². The van der Waals surface area contributed by atoms with Gasteiger partial charge < -0.3 is 4.74 Å². The molecule has 2 heterocycles. The van der Waals surface area contributed by atoms with E-state index in [0.29, 0.717) is 10.9 Å². The number of thiazole rings is 1. The van der Waals surface area contributed by atoms with Crippen LogP contribution in [-0.2, 0) is 10.0 Å². The van der Waals surface area contributed by atoms with Gasteiger partial charge in [0.1, 0.15) is 9.96 Å². The summed E-state index contributed by atoms with van der Waals surface area (Å²) >= 11 is 2.43. The third kappa shape index (κ3) is 4.09. The number of sulfonamides is 1. The second kappa shape index (κ2) is 7.82. The molecule has 0 saturated heterocycles. The minimum Gasteiger partial charge on any atom is -0.497 e. The van der Waals surface area contributed by atoms with Crippen molar-refractivity contribution < 1.29 is 17.9 Å². The zero-order chi connectivity index (χ0) is 20.4. The average Bonchev–Trinajstić information content (AvgIpc) is 3.37. The molecular formula is C19H15N3O4S3. The van der Waals surface area contributed by atoms with Crippen LogP contribution in [0.5, 0.6) is 5.75 Å². The Balaban J connectivity index is 1.66. The second-order valence-electron chi connectivity index (χ2n) is 5.89. The Labute approximate surface area is 175 Å². The quantitative estimate of drug-likeness (QED) is 0.458. The molecule has 0 atom stereocenters. The number of hydrogen-bond donors (Lipinski definition) is 2. The summed E-state index contributed by atoms with van der Waals surface area (Å²) < 4.78 is 34.0. The molecule has 29 heavy (non-hydrogen) atoms. The summed E-state index contributed by atoms with van der Waals surface area (Å²) in [5.74, 6) is -0.0546. The molecule has 4 aromatic rings.